The van der Waals surface area contributed by atoms with Gasteiger partial charge in [-0.15, -0.1) is 0 Å². The summed E-state index contributed by atoms with van der Waals surface area (Å²) in [5, 5.41) is 5.56. The van der Waals surface area contributed by atoms with Crippen molar-refractivity contribution in [1.82, 2.24) is 9.88 Å². The molecule has 0 saturated heterocycles. The second kappa shape index (κ2) is 7.91. The van der Waals surface area contributed by atoms with Crippen LogP contribution < -0.4 is 10.6 Å². The largest absolute Gasteiger partial charge is 0.343 e. The Balaban J connectivity index is 1.66. The molecule has 2 amide bonds. The number of nitrogens with one attached hydrogen (secondary N) is 2. The van der Waals surface area contributed by atoms with E-state index in [0.29, 0.717) is 5.56 Å². The van der Waals surface area contributed by atoms with E-state index in [9.17, 15) is 9.59 Å². The summed E-state index contributed by atoms with van der Waals surface area (Å²) in [6.45, 7) is 5.79. The minimum Gasteiger partial charge on any atom is -0.343 e. The Hall–Kier alpha value is -3.34. The molecule has 0 atom stereocenters. The molecule has 0 saturated carbocycles. The first-order valence-corrected chi connectivity index (χ1v) is 8.84. The first-order valence-electron chi connectivity index (χ1n) is 8.84. The van der Waals surface area contributed by atoms with Gasteiger partial charge in [-0.3, -0.25) is 9.59 Å². The van der Waals surface area contributed by atoms with Gasteiger partial charge in [0.15, 0.2) is 0 Å². The molecule has 0 radical (unpaired) electrons. The van der Waals surface area contributed by atoms with Crippen LogP contribution in [0.1, 0.15) is 27.0 Å². The molecular weight excluding hydrogens is 338 g/mol. The SMILES string of the molecule is Cc1ccc(C(=O)NCC(=O)Nc2c(C)cccc2C)cc1-n1cccc1. The third kappa shape index (κ3) is 4.26. The third-order valence-electron chi connectivity index (χ3n) is 4.51. The number of rotatable bonds is 5. The summed E-state index contributed by atoms with van der Waals surface area (Å²) in [6.07, 6.45) is 3.87. The van der Waals surface area contributed by atoms with Gasteiger partial charge in [0.2, 0.25) is 5.91 Å². The Morgan fingerprint density at radius 3 is 2.22 bits per heavy atom. The lowest BCUT2D eigenvalue weighted by Gasteiger charge is -2.13. The molecule has 3 rings (SSSR count). The Morgan fingerprint density at radius 2 is 1.56 bits per heavy atom. The van der Waals surface area contributed by atoms with E-state index in [0.717, 1.165) is 28.1 Å². The molecule has 0 aliphatic carbocycles. The van der Waals surface area contributed by atoms with E-state index in [2.05, 4.69) is 10.6 Å². The Morgan fingerprint density at radius 1 is 0.889 bits per heavy atom. The molecule has 2 N–H and O–H groups in total. The van der Waals surface area contributed by atoms with Crippen LogP contribution in [0.3, 0.4) is 0 Å². The van der Waals surface area contributed by atoms with Crippen molar-refractivity contribution in [3.05, 3.63) is 83.2 Å². The zero-order valence-electron chi connectivity index (χ0n) is 15.7. The molecule has 0 bridgehead atoms. The quantitative estimate of drug-likeness (QED) is 0.727. The van der Waals surface area contributed by atoms with Crippen LogP contribution in [0.2, 0.25) is 0 Å². The number of benzene rings is 2. The van der Waals surface area contributed by atoms with Crippen molar-refractivity contribution in [3.8, 4) is 5.69 Å². The zero-order valence-corrected chi connectivity index (χ0v) is 15.7. The van der Waals surface area contributed by atoms with Gasteiger partial charge in [-0.25, -0.2) is 0 Å². The average molecular weight is 361 g/mol. The lowest BCUT2D eigenvalue weighted by atomic mass is 10.1. The predicted octanol–water partition coefficient (Wildman–Crippen LogP) is 3.77. The van der Waals surface area contributed by atoms with E-state index in [-0.39, 0.29) is 18.4 Å². The van der Waals surface area contributed by atoms with E-state index in [4.69, 9.17) is 0 Å². The highest BCUT2D eigenvalue weighted by molar-refractivity contribution is 6.00. The number of nitrogens with zero attached hydrogens (tertiary/aromatic N) is 1. The fourth-order valence-corrected chi connectivity index (χ4v) is 2.98. The molecular formula is C22H23N3O2. The van der Waals surface area contributed by atoms with Gasteiger partial charge in [-0.2, -0.15) is 0 Å². The van der Waals surface area contributed by atoms with Crippen molar-refractivity contribution in [1.29, 1.82) is 0 Å². The summed E-state index contributed by atoms with van der Waals surface area (Å²) >= 11 is 0. The van der Waals surface area contributed by atoms with Crippen LogP contribution >= 0.6 is 0 Å². The lowest BCUT2D eigenvalue weighted by molar-refractivity contribution is -0.115. The first kappa shape index (κ1) is 18.5. The van der Waals surface area contributed by atoms with Crippen molar-refractivity contribution in [2.24, 2.45) is 0 Å². The molecule has 1 heterocycles. The first-order chi connectivity index (χ1) is 13.0. The number of anilines is 1. The van der Waals surface area contributed by atoms with Gasteiger partial charge in [0.25, 0.3) is 5.91 Å². The lowest BCUT2D eigenvalue weighted by Crippen LogP contribution is -2.33. The molecule has 5 heteroatoms. The predicted molar refractivity (Wildman–Crippen MR) is 107 cm³/mol. The smallest absolute Gasteiger partial charge is 0.251 e. The van der Waals surface area contributed by atoms with Gasteiger partial charge in [0.05, 0.1) is 6.54 Å². The second-order valence-corrected chi connectivity index (χ2v) is 6.59. The molecule has 27 heavy (non-hydrogen) atoms. The molecule has 0 aliphatic rings. The molecule has 1 aromatic heterocycles. The second-order valence-electron chi connectivity index (χ2n) is 6.59. The van der Waals surface area contributed by atoms with Crippen molar-refractivity contribution in [2.75, 3.05) is 11.9 Å². The number of para-hydroxylation sites is 1. The van der Waals surface area contributed by atoms with E-state index >= 15 is 0 Å². The average Bonchev–Trinajstić information content (AvgIpc) is 3.18. The molecule has 138 valence electrons. The molecule has 0 unspecified atom stereocenters. The van der Waals surface area contributed by atoms with Crippen LogP contribution in [-0.2, 0) is 4.79 Å². The van der Waals surface area contributed by atoms with Crippen LogP contribution in [0.5, 0.6) is 0 Å². The Labute approximate surface area is 159 Å². The summed E-state index contributed by atoms with van der Waals surface area (Å²) < 4.78 is 1.96. The summed E-state index contributed by atoms with van der Waals surface area (Å²) in [5.41, 5.74) is 5.29. The monoisotopic (exact) mass is 361 g/mol. The molecule has 0 spiro atoms. The fourth-order valence-electron chi connectivity index (χ4n) is 2.98. The van der Waals surface area contributed by atoms with E-state index in [1.54, 1.807) is 6.07 Å². The highest BCUT2D eigenvalue weighted by Gasteiger charge is 2.12. The maximum Gasteiger partial charge on any atom is 0.251 e. The minimum absolute atomic E-state index is 0.0840. The van der Waals surface area contributed by atoms with Crippen LogP contribution in [0.15, 0.2) is 60.9 Å². The van der Waals surface area contributed by atoms with E-state index in [1.165, 1.54) is 0 Å². The highest BCUT2D eigenvalue weighted by Crippen LogP contribution is 2.19. The molecule has 3 aromatic rings. The molecule has 5 nitrogen and oxygen atoms in total. The standard InChI is InChI=1S/C22H23N3O2/c1-15-9-10-18(13-19(15)25-11-4-5-12-25)22(27)23-14-20(26)24-21-16(2)7-6-8-17(21)3/h4-13H,14H2,1-3H3,(H,23,27)(H,24,26). The van der Waals surface area contributed by atoms with E-state index < -0.39 is 0 Å². The molecule has 2 aromatic carbocycles. The van der Waals surface area contributed by atoms with Crippen LogP contribution in [-0.4, -0.2) is 22.9 Å². The van der Waals surface area contributed by atoms with Gasteiger partial charge in [0.1, 0.15) is 0 Å². The van der Waals surface area contributed by atoms with Crippen LogP contribution in [0.25, 0.3) is 5.69 Å². The maximum absolute atomic E-state index is 12.5. The molecule has 0 aliphatic heterocycles. The van der Waals surface area contributed by atoms with Gasteiger partial charge in [-0.05, 0) is 61.7 Å². The Kier molecular flexibility index (Phi) is 5.41. The fraction of sp³-hybridized carbons (Fsp3) is 0.182. The number of carbonyl (C=O) groups excluding carboxylic acids is 2. The number of carbonyl (C=O) groups is 2. The highest BCUT2D eigenvalue weighted by atomic mass is 16.2. The minimum atomic E-state index is -0.278. The van der Waals surface area contributed by atoms with Crippen molar-refractivity contribution >= 4 is 17.5 Å². The van der Waals surface area contributed by atoms with Crippen molar-refractivity contribution < 1.29 is 9.59 Å². The number of hydrogen-bond donors (Lipinski definition) is 2. The third-order valence-corrected chi connectivity index (χ3v) is 4.51. The number of hydrogen-bond acceptors (Lipinski definition) is 2. The van der Waals surface area contributed by atoms with Crippen molar-refractivity contribution in [3.63, 3.8) is 0 Å². The number of amides is 2. The van der Waals surface area contributed by atoms with Crippen molar-refractivity contribution in [2.45, 2.75) is 20.8 Å². The summed E-state index contributed by atoms with van der Waals surface area (Å²) in [4.78, 5) is 24.7. The summed E-state index contributed by atoms with van der Waals surface area (Å²) in [6, 6.07) is 15.2. The number of aryl methyl sites for hydroxylation is 3. The summed E-state index contributed by atoms with van der Waals surface area (Å²) in [5.74, 6) is -0.529. The Bertz CT molecular complexity index is 955. The van der Waals surface area contributed by atoms with Crippen LogP contribution in [0.4, 0.5) is 5.69 Å². The zero-order chi connectivity index (χ0) is 19.4. The number of aromatic nitrogens is 1. The van der Waals surface area contributed by atoms with Gasteiger partial charge < -0.3 is 15.2 Å². The topological polar surface area (TPSA) is 63.1 Å². The molecule has 0 fully saturated rings. The van der Waals surface area contributed by atoms with Gasteiger partial charge >= 0.3 is 0 Å². The van der Waals surface area contributed by atoms with E-state index in [1.807, 2.05) is 80.2 Å². The van der Waals surface area contributed by atoms with Crippen LogP contribution in [0, 0.1) is 20.8 Å². The normalized spacial score (nSPS) is 10.5. The van der Waals surface area contributed by atoms with Gasteiger partial charge in [0, 0.05) is 29.3 Å². The summed E-state index contributed by atoms with van der Waals surface area (Å²) in [7, 11) is 0. The maximum atomic E-state index is 12.5. The van der Waals surface area contributed by atoms with Gasteiger partial charge in [-0.1, -0.05) is 24.3 Å².